The van der Waals surface area contributed by atoms with E-state index in [0.29, 0.717) is 25.4 Å². The summed E-state index contributed by atoms with van der Waals surface area (Å²) in [6, 6.07) is 6.30. The number of nitrogens with two attached hydrogens (primary N) is 1. The first-order valence-electron chi connectivity index (χ1n) is 7.53. The second-order valence-electron chi connectivity index (χ2n) is 5.76. The van der Waals surface area contributed by atoms with Crippen molar-refractivity contribution < 1.29 is 17.9 Å². The highest BCUT2D eigenvalue weighted by atomic mass is 32.2. The maximum absolute atomic E-state index is 12.1. The van der Waals surface area contributed by atoms with Crippen LogP contribution in [-0.4, -0.2) is 39.8 Å². The molecule has 8 heteroatoms. The second-order valence-corrected chi connectivity index (χ2v) is 7.51. The van der Waals surface area contributed by atoms with Gasteiger partial charge in [0.1, 0.15) is 0 Å². The van der Waals surface area contributed by atoms with Gasteiger partial charge in [-0.25, -0.2) is 8.42 Å². The molecule has 7 nitrogen and oxygen atoms in total. The van der Waals surface area contributed by atoms with Crippen molar-refractivity contribution in [3.05, 3.63) is 29.8 Å². The average Bonchev–Trinajstić information content (AvgIpc) is 2.52. The first-order valence-corrected chi connectivity index (χ1v) is 9.42. The van der Waals surface area contributed by atoms with Gasteiger partial charge in [0.25, 0.3) is 0 Å². The monoisotopic (exact) mass is 341 g/mol. The number of benzene rings is 1. The molecule has 2 rings (SSSR count). The van der Waals surface area contributed by atoms with Crippen molar-refractivity contribution in [2.45, 2.75) is 25.4 Å². The number of carbonyl (C=O) groups excluding carboxylic acids is 1. The minimum Gasteiger partial charge on any atom is -0.381 e. The van der Waals surface area contributed by atoms with E-state index in [2.05, 4.69) is 10.0 Å². The van der Waals surface area contributed by atoms with Crippen LogP contribution in [0.1, 0.15) is 18.4 Å². The maximum Gasteiger partial charge on any atom is 0.237 e. The lowest BCUT2D eigenvalue weighted by atomic mass is 9.92. The molecule has 4 N–H and O–H groups in total. The van der Waals surface area contributed by atoms with Crippen molar-refractivity contribution >= 4 is 21.6 Å². The fourth-order valence-corrected chi connectivity index (χ4v) is 3.06. The zero-order chi connectivity index (χ0) is 16.9. The summed E-state index contributed by atoms with van der Waals surface area (Å²) in [4.78, 5) is 12.1. The highest BCUT2D eigenvalue weighted by Gasteiger charge is 2.26. The first-order chi connectivity index (χ1) is 10.8. The number of sulfonamides is 1. The normalized spacial score (nSPS) is 17.5. The molecule has 0 bridgehead atoms. The summed E-state index contributed by atoms with van der Waals surface area (Å²) in [5, 5.41) is 2.82. The Labute approximate surface area is 136 Å². The molecule has 1 aromatic rings. The quantitative estimate of drug-likeness (QED) is 0.695. The van der Waals surface area contributed by atoms with Gasteiger partial charge in [0, 0.05) is 25.4 Å². The van der Waals surface area contributed by atoms with Gasteiger partial charge in [-0.1, -0.05) is 12.1 Å². The number of rotatable bonds is 6. The van der Waals surface area contributed by atoms with Gasteiger partial charge in [-0.3, -0.25) is 9.52 Å². The third kappa shape index (κ3) is 5.81. The Kier molecular flexibility index (Phi) is 5.97. The lowest BCUT2D eigenvalue weighted by Crippen LogP contribution is -2.46. The van der Waals surface area contributed by atoms with Crippen LogP contribution in [0.5, 0.6) is 0 Å². The number of hydrogen-bond acceptors (Lipinski definition) is 5. The van der Waals surface area contributed by atoms with E-state index < -0.39 is 16.1 Å². The summed E-state index contributed by atoms with van der Waals surface area (Å²) < 4.78 is 29.9. The standard InChI is InChI=1S/C15H23N3O4S/c1-23(20,21)18-13-4-2-11(3-5-13)10-17-15(19)14(16)12-6-8-22-9-7-12/h2-5,12,14,18H,6-10,16H2,1H3,(H,17,19). The highest BCUT2D eigenvalue weighted by Crippen LogP contribution is 2.18. The van der Waals surface area contributed by atoms with Crippen LogP contribution in [0.25, 0.3) is 0 Å². The SMILES string of the molecule is CS(=O)(=O)Nc1ccc(CNC(=O)C(N)C2CCOCC2)cc1. The largest absolute Gasteiger partial charge is 0.381 e. The van der Waals surface area contributed by atoms with Gasteiger partial charge < -0.3 is 15.8 Å². The van der Waals surface area contributed by atoms with Gasteiger partial charge in [0.15, 0.2) is 0 Å². The van der Waals surface area contributed by atoms with Crippen LogP contribution in [0.2, 0.25) is 0 Å². The van der Waals surface area contributed by atoms with E-state index in [1.165, 1.54) is 0 Å². The highest BCUT2D eigenvalue weighted by molar-refractivity contribution is 7.92. The Balaban J connectivity index is 1.84. The molecule has 0 spiro atoms. The van der Waals surface area contributed by atoms with Crippen LogP contribution < -0.4 is 15.8 Å². The molecule has 128 valence electrons. The number of amides is 1. The molecule has 1 aliphatic rings. The van der Waals surface area contributed by atoms with Crippen molar-refractivity contribution in [3.63, 3.8) is 0 Å². The molecule has 1 heterocycles. The molecular formula is C15H23N3O4S. The molecule has 1 aromatic carbocycles. The van der Waals surface area contributed by atoms with Crippen molar-refractivity contribution in [3.8, 4) is 0 Å². The number of hydrogen-bond donors (Lipinski definition) is 3. The van der Waals surface area contributed by atoms with E-state index >= 15 is 0 Å². The molecule has 1 saturated heterocycles. The summed E-state index contributed by atoms with van der Waals surface area (Å²) in [5.41, 5.74) is 7.36. The van der Waals surface area contributed by atoms with Crippen molar-refractivity contribution in [2.24, 2.45) is 11.7 Å². The van der Waals surface area contributed by atoms with Crippen LogP contribution in [0, 0.1) is 5.92 Å². The Morgan fingerprint density at radius 2 is 1.91 bits per heavy atom. The number of carbonyl (C=O) groups is 1. The van der Waals surface area contributed by atoms with Crippen LogP contribution in [0.4, 0.5) is 5.69 Å². The third-order valence-electron chi connectivity index (χ3n) is 3.80. The first kappa shape index (κ1) is 17.7. The average molecular weight is 341 g/mol. The van der Waals surface area contributed by atoms with E-state index in [4.69, 9.17) is 10.5 Å². The Hall–Kier alpha value is -1.64. The molecule has 0 aromatic heterocycles. The molecule has 1 amide bonds. The lowest BCUT2D eigenvalue weighted by molar-refractivity contribution is -0.124. The number of nitrogens with one attached hydrogen (secondary N) is 2. The van der Waals surface area contributed by atoms with Crippen LogP contribution in [0.3, 0.4) is 0 Å². The summed E-state index contributed by atoms with van der Waals surface area (Å²) in [5.74, 6) is -0.0136. The molecule has 0 radical (unpaired) electrons. The van der Waals surface area contributed by atoms with Crippen LogP contribution in [0.15, 0.2) is 24.3 Å². The molecule has 1 fully saturated rings. The van der Waals surface area contributed by atoms with Gasteiger partial charge >= 0.3 is 0 Å². The summed E-state index contributed by atoms with van der Waals surface area (Å²) >= 11 is 0. The van der Waals surface area contributed by atoms with Crippen LogP contribution in [-0.2, 0) is 26.1 Å². The molecule has 0 aliphatic carbocycles. The van der Waals surface area contributed by atoms with Gasteiger partial charge in [-0.2, -0.15) is 0 Å². The van der Waals surface area contributed by atoms with Gasteiger partial charge in [0.05, 0.1) is 12.3 Å². The smallest absolute Gasteiger partial charge is 0.237 e. The van der Waals surface area contributed by atoms with Crippen molar-refractivity contribution in [1.29, 1.82) is 0 Å². The van der Waals surface area contributed by atoms with Gasteiger partial charge in [-0.15, -0.1) is 0 Å². The van der Waals surface area contributed by atoms with E-state index in [9.17, 15) is 13.2 Å². The van der Waals surface area contributed by atoms with Crippen molar-refractivity contribution in [1.82, 2.24) is 5.32 Å². The molecule has 1 aliphatic heterocycles. The molecular weight excluding hydrogens is 318 g/mol. The van der Waals surface area contributed by atoms with Gasteiger partial charge in [0.2, 0.25) is 15.9 Å². The van der Waals surface area contributed by atoms with Crippen molar-refractivity contribution in [2.75, 3.05) is 24.2 Å². The molecule has 1 atom stereocenters. The topological polar surface area (TPSA) is 111 Å². The Morgan fingerprint density at radius 3 is 2.48 bits per heavy atom. The Bertz CT molecular complexity index is 625. The Morgan fingerprint density at radius 1 is 1.30 bits per heavy atom. The lowest BCUT2D eigenvalue weighted by Gasteiger charge is -2.26. The zero-order valence-electron chi connectivity index (χ0n) is 13.1. The summed E-state index contributed by atoms with van der Waals surface area (Å²) in [6.07, 6.45) is 2.71. The fraction of sp³-hybridized carbons (Fsp3) is 0.533. The second kappa shape index (κ2) is 7.76. The van der Waals surface area contributed by atoms with Gasteiger partial charge in [-0.05, 0) is 36.5 Å². The predicted molar refractivity (Wildman–Crippen MR) is 88.3 cm³/mol. The predicted octanol–water partition coefficient (Wildman–Crippen LogP) is 0.428. The third-order valence-corrected chi connectivity index (χ3v) is 4.41. The number of anilines is 1. The molecule has 23 heavy (non-hydrogen) atoms. The summed E-state index contributed by atoms with van der Waals surface area (Å²) in [7, 11) is -3.29. The van der Waals surface area contributed by atoms with E-state index in [-0.39, 0.29) is 11.8 Å². The molecule has 1 unspecified atom stereocenters. The van der Waals surface area contributed by atoms with E-state index in [0.717, 1.165) is 24.7 Å². The number of ether oxygens (including phenoxy) is 1. The fourth-order valence-electron chi connectivity index (χ4n) is 2.50. The summed E-state index contributed by atoms with van der Waals surface area (Å²) in [6.45, 7) is 1.66. The minimum atomic E-state index is -3.29. The molecule has 0 saturated carbocycles. The minimum absolute atomic E-state index is 0.157. The maximum atomic E-state index is 12.1. The van der Waals surface area contributed by atoms with E-state index in [1.54, 1.807) is 24.3 Å². The van der Waals surface area contributed by atoms with E-state index in [1.807, 2.05) is 0 Å². The van der Waals surface area contributed by atoms with Crippen LogP contribution >= 0.6 is 0 Å². The zero-order valence-corrected chi connectivity index (χ0v) is 13.9.